The first kappa shape index (κ1) is 11.8. The molecule has 0 fully saturated rings. The lowest BCUT2D eigenvalue weighted by Crippen LogP contribution is -2.08. The molecule has 2 nitrogen and oxygen atoms in total. The third kappa shape index (κ3) is 3.40. The molecule has 0 bridgehead atoms. The highest BCUT2D eigenvalue weighted by Crippen LogP contribution is 2.24. The van der Waals surface area contributed by atoms with Crippen molar-refractivity contribution in [1.29, 1.82) is 0 Å². The molecule has 1 rings (SSSR count). The number of nitrogens with two attached hydrogens (primary N) is 1. The third-order valence-corrected chi connectivity index (χ3v) is 2.23. The first-order valence-electron chi connectivity index (χ1n) is 5.25. The Hall–Kier alpha value is -1.28. The summed E-state index contributed by atoms with van der Waals surface area (Å²) < 4.78 is 5.65. The van der Waals surface area contributed by atoms with E-state index in [0.29, 0.717) is 6.61 Å². The molecule has 1 unspecified atom stereocenters. The van der Waals surface area contributed by atoms with Crippen LogP contribution < -0.4 is 10.5 Å². The van der Waals surface area contributed by atoms with Crippen LogP contribution in [0.4, 0.5) is 0 Å². The Kier molecular flexibility index (Phi) is 4.37. The summed E-state index contributed by atoms with van der Waals surface area (Å²) in [5, 5.41) is 0. The molecule has 0 aliphatic heterocycles. The molecule has 1 aromatic rings. The molecule has 0 spiro atoms. The van der Waals surface area contributed by atoms with E-state index in [-0.39, 0.29) is 6.04 Å². The van der Waals surface area contributed by atoms with Gasteiger partial charge >= 0.3 is 0 Å². The van der Waals surface area contributed by atoms with Crippen LogP contribution in [0.1, 0.15) is 31.0 Å². The minimum absolute atomic E-state index is 0.00575. The highest BCUT2D eigenvalue weighted by atomic mass is 16.5. The SMILES string of the molecule is CC=CCOc1cc(C)ccc1C(C)N. The van der Waals surface area contributed by atoms with Crippen LogP contribution in [0, 0.1) is 6.92 Å². The maximum atomic E-state index is 5.87. The van der Waals surface area contributed by atoms with Crippen LogP contribution in [0.2, 0.25) is 0 Å². The second-order valence-electron chi connectivity index (χ2n) is 3.71. The molecule has 1 atom stereocenters. The molecule has 0 radical (unpaired) electrons. The fourth-order valence-electron chi connectivity index (χ4n) is 1.38. The molecule has 0 aromatic heterocycles. The zero-order valence-electron chi connectivity index (χ0n) is 9.66. The van der Waals surface area contributed by atoms with E-state index in [1.807, 2.05) is 45.1 Å². The van der Waals surface area contributed by atoms with Crippen molar-refractivity contribution < 1.29 is 4.74 Å². The van der Waals surface area contributed by atoms with E-state index in [2.05, 4.69) is 6.07 Å². The monoisotopic (exact) mass is 205 g/mol. The summed E-state index contributed by atoms with van der Waals surface area (Å²) in [5.41, 5.74) is 8.12. The predicted molar refractivity (Wildman–Crippen MR) is 64.1 cm³/mol. The smallest absolute Gasteiger partial charge is 0.124 e. The zero-order chi connectivity index (χ0) is 11.3. The number of benzene rings is 1. The summed E-state index contributed by atoms with van der Waals surface area (Å²) in [6.07, 6.45) is 3.95. The van der Waals surface area contributed by atoms with Crippen molar-refractivity contribution in [3.8, 4) is 5.75 Å². The van der Waals surface area contributed by atoms with Crippen molar-refractivity contribution in [2.45, 2.75) is 26.8 Å². The van der Waals surface area contributed by atoms with Gasteiger partial charge in [0.25, 0.3) is 0 Å². The Labute approximate surface area is 91.7 Å². The number of hydrogen-bond donors (Lipinski definition) is 1. The second kappa shape index (κ2) is 5.56. The molecule has 0 amide bonds. The van der Waals surface area contributed by atoms with Crippen LogP contribution in [0.3, 0.4) is 0 Å². The molecule has 2 heteroatoms. The Bertz CT molecular complexity index is 342. The van der Waals surface area contributed by atoms with E-state index < -0.39 is 0 Å². The molecule has 0 saturated carbocycles. The van der Waals surface area contributed by atoms with Crippen molar-refractivity contribution in [2.75, 3.05) is 6.61 Å². The van der Waals surface area contributed by atoms with E-state index >= 15 is 0 Å². The second-order valence-corrected chi connectivity index (χ2v) is 3.71. The van der Waals surface area contributed by atoms with E-state index in [1.165, 1.54) is 5.56 Å². The Morgan fingerprint density at radius 3 is 2.80 bits per heavy atom. The summed E-state index contributed by atoms with van der Waals surface area (Å²) >= 11 is 0. The molecule has 1 aromatic carbocycles. The quantitative estimate of drug-likeness (QED) is 0.767. The normalized spacial score (nSPS) is 13.1. The molecular formula is C13H19NO. The van der Waals surface area contributed by atoms with Crippen molar-refractivity contribution in [3.05, 3.63) is 41.5 Å². The van der Waals surface area contributed by atoms with Gasteiger partial charge in [0.1, 0.15) is 12.4 Å². The highest BCUT2D eigenvalue weighted by molar-refractivity contribution is 5.39. The van der Waals surface area contributed by atoms with Crippen LogP contribution >= 0.6 is 0 Å². The maximum absolute atomic E-state index is 5.87. The maximum Gasteiger partial charge on any atom is 0.124 e. The van der Waals surface area contributed by atoms with Crippen LogP contribution in [0.5, 0.6) is 5.75 Å². The average molecular weight is 205 g/mol. The van der Waals surface area contributed by atoms with Gasteiger partial charge < -0.3 is 10.5 Å². The van der Waals surface area contributed by atoms with Gasteiger partial charge in [-0.2, -0.15) is 0 Å². The van der Waals surface area contributed by atoms with Crippen LogP contribution in [0.15, 0.2) is 30.4 Å². The number of aryl methyl sites for hydroxylation is 1. The molecule has 0 aliphatic carbocycles. The molecule has 15 heavy (non-hydrogen) atoms. The topological polar surface area (TPSA) is 35.2 Å². The van der Waals surface area contributed by atoms with Gasteiger partial charge in [-0.15, -0.1) is 0 Å². The van der Waals surface area contributed by atoms with Crippen molar-refractivity contribution >= 4 is 0 Å². The summed E-state index contributed by atoms with van der Waals surface area (Å²) in [7, 11) is 0. The van der Waals surface area contributed by atoms with E-state index in [4.69, 9.17) is 10.5 Å². The first-order chi connectivity index (χ1) is 7.15. The van der Waals surface area contributed by atoms with Crippen LogP contribution in [-0.2, 0) is 0 Å². The average Bonchev–Trinajstić information content (AvgIpc) is 2.18. The van der Waals surface area contributed by atoms with E-state index in [1.54, 1.807) is 0 Å². The van der Waals surface area contributed by atoms with Gasteiger partial charge in [0.05, 0.1) is 0 Å². The zero-order valence-corrected chi connectivity index (χ0v) is 9.66. The lowest BCUT2D eigenvalue weighted by Gasteiger charge is -2.13. The van der Waals surface area contributed by atoms with Gasteiger partial charge in [0.2, 0.25) is 0 Å². The van der Waals surface area contributed by atoms with E-state index in [0.717, 1.165) is 11.3 Å². The molecule has 2 N–H and O–H groups in total. The Morgan fingerprint density at radius 1 is 1.47 bits per heavy atom. The molecule has 0 saturated heterocycles. The largest absolute Gasteiger partial charge is 0.489 e. The van der Waals surface area contributed by atoms with Gasteiger partial charge in [0.15, 0.2) is 0 Å². The fourth-order valence-corrected chi connectivity index (χ4v) is 1.38. The van der Waals surface area contributed by atoms with Crippen LogP contribution in [0.25, 0.3) is 0 Å². The standard InChI is InChI=1S/C13H19NO/c1-4-5-8-15-13-9-10(2)6-7-12(13)11(3)14/h4-7,9,11H,8,14H2,1-3H3. The summed E-state index contributed by atoms with van der Waals surface area (Å²) in [6.45, 7) is 6.59. The minimum atomic E-state index is 0.00575. The van der Waals surface area contributed by atoms with Gasteiger partial charge in [0, 0.05) is 11.6 Å². The van der Waals surface area contributed by atoms with Crippen molar-refractivity contribution in [1.82, 2.24) is 0 Å². The number of ether oxygens (including phenoxy) is 1. The van der Waals surface area contributed by atoms with Gasteiger partial charge in [-0.25, -0.2) is 0 Å². The molecular weight excluding hydrogens is 186 g/mol. The molecule has 0 aliphatic rings. The highest BCUT2D eigenvalue weighted by Gasteiger charge is 2.07. The Morgan fingerprint density at radius 2 is 2.20 bits per heavy atom. The lowest BCUT2D eigenvalue weighted by molar-refractivity contribution is 0.356. The summed E-state index contributed by atoms with van der Waals surface area (Å²) in [4.78, 5) is 0. The molecule has 82 valence electrons. The first-order valence-corrected chi connectivity index (χ1v) is 5.25. The van der Waals surface area contributed by atoms with Gasteiger partial charge in [-0.05, 0) is 32.4 Å². The van der Waals surface area contributed by atoms with Crippen molar-refractivity contribution in [2.24, 2.45) is 5.73 Å². The predicted octanol–water partition coefficient (Wildman–Crippen LogP) is 2.97. The summed E-state index contributed by atoms with van der Waals surface area (Å²) in [5.74, 6) is 0.892. The van der Waals surface area contributed by atoms with Crippen molar-refractivity contribution in [3.63, 3.8) is 0 Å². The van der Waals surface area contributed by atoms with E-state index in [9.17, 15) is 0 Å². The molecule has 0 heterocycles. The minimum Gasteiger partial charge on any atom is -0.489 e. The van der Waals surface area contributed by atoms with Gasteiger partial charge in [-0.1, -0.05) is 24.3 Å². The fraction of sp³-hybridized carbons (Fsp3) is 0.385. The van der Waals surface area contributed by atoms with Gasteiger partial charge in [-0.3, -0.25) is 0 Å². The number of hydrogen-bond acceptors (Lipinski definition) is 2. The number of rotatable bonds is 4. The Balaban J connectivity index is 2.86. The third-order valence-electron chi connectivity index (χ3n) is 2.23. The lowest BCUT2D eigenvalue weighted by atomic mass is 10.1. The number of allylic oxidation sites excluding steroid dienone is 1. The van der Waals surface area contributed by atoms with Crippen LogP contribution in [-0.4, -0.2) is 6.61 Å². The summed E-state index contributed by atoms with van der Waals surface area (Å²) in [6, 6.07) is 6.13.